The average Bonchev–Trinajstić information content (AvgIpc) is 2.55. The lowest BCUT2D eigenvalue weighted by Gasteiger charge is -2.41. The van der Waals surface area contributed by atoms with Crippen molar-refractivity contribution in [1.29, 1.82) is 0 Å². The molecular weight excluding hydrogens is 302 g/mol. The molecule has 1 aliphatic rings. The van der Waals surface area contributed by atoms with Gasteiger partial charge in [0.2, 0.25) is 0 Å². The summed E-state index contributed by atoms with van der Waals surface area (Å²) in [7, 11) is 4.27. The fourth-order valence-electron chi connectivity index (χ4n) is 3.34. The van der Waals surface area contributed by atoms with E-state index in [-0.39, 0.29) is 0 Å². The zero-order valence-electron chi connectivity index (χ0n) is 15.8. The molecule has 1 aromatic rings. The minimum atomic E-state index is 0.354. The molecule has 0 spiro atoms. The number of rotatable bonds is 8. The van der Waals surface area contributed by atoms with E-state index in [9.17, 15) is 0 Å². The van der Waals surface area contributed by atoms with Crippen molar-refractivity contribution in [3.63, 3.8) is 0 Å². The van der Waals surface area contributed by atoms with Gasteiger partial charge in [-0.3, -0.25) is 4.90 Å². The Balaban J connectivity index is 2.32. The van der Waals surface area contributed by atoms with Crippen molar-refractivity contribution in [2.45, 2.75) is 32.9 Å². The Labute approximate surface area is 146 Å². The molecule has 1 N–H and O–H groups in total. The van der Waals surface area contributed by atoms with Crippen LogP contribution in [0.3, 0.4) is 0 Å². The number of ether oxygens (including phenoxy) is 2. The molecule has 1 saturated heterocycles. The molecule has 1 heterocycles. The van der Waals surface area contributed by atoms with Crippen LogP contribution in [0.5, 0.6) is 11.5 Å². The van der Waals surface area contributed by atoms with E-state index in [1.807, 2.05) is 13.8 Å². The van der Waals surface area contributed by atoms with E-state index in [0.717, 1.165) is 37.7 Å². The largest absolute Gasteiger partial charge is 0.490 e. The summed E-state index contributed by atoms with van der Waals surface area (Å²) < 4.78 is 11.5. The maximum absolute atomic E-state index is 5.83. The van der Waals surface area contributed by atoms with Gasteiger partial charge >= 0.3 is 0 Å². The summed E-state index contributed by atoms with van der Waals surface area (Å²) in [5.41, 5.74) is 1.30. The predicted octanol–water partition coefficient (Wildman–Crippen LogP) is 2.38. The summed E-state index contributed by atoms with van der Waals surface area (Å²) in [5.74, 6) is 1.68. The first-order valence-electron chi connectivity index (χ1n) is 9.07. The molecule has 5 nitrogen and oxygen atoms in total. The van der Waals surface area contributed by atoms with Crippen LogP contribution in [0.15, 0.2) is 18.2 Å². The molecule has 0 radical (unpaired) electrons. The molecule has 1 aromatic carbocycles. The quantitative estimate of drug-likeness (QED) is 0.789. The highest BCUT2D eigenvalue weighted by atomic mass is 16.5. The summed E-state index contributed by atoms with van der Waals surface area (Å²) >= 11 is 0. The number of nitrogens with zero attached hydrogens (tertiary/aromatic N) is 2. The molecule has 2 rings (SSSR count). The van der Waals surface area contributed by atoms with E-state index >= 15 is 0 Å². The first-order chi connectivity index (χ1) is 11.6. The highest BCUT2D eigenvalue weighted by Crippen LogP contribution is 2.33. The van der Waals surface area contributed by atoms with Crippen molar-refractivity contribution in [3.8, 4) is 11.5 Å². The third-order valence-corrected chi connectivity index (χ3v) is 4.44. The van der Waals surface area contributed by atoms with Crippen molar-refractivity contribution in [3.05, 3.63) is 23.8 Å². The highest BCUT2D eigenvalue weighted by Gasteiger charge is 2.28. The topological polar surface area (TPSA) is 37.0 Å². The SMILES string of the molecule is CCOc1ccc(C(CN(C)C)N2CCNCC2C)cc1OCC. The van der Waals surface area contributed by atoms with Gasteiger partial charge in [0.25, 0.3) is 0 Å². The van der Waals surface area contributed by atoms with E-state index < -0.39 is 0 Å². The van der Waals surface area contributed by atoms with E-state index in [4.69, 9.17) is 9.47 Å². The molecule has 1 fully saturated rings. The van der Waals surface area contributed by atoms with Crippen LogP contribution in [0.1, 0.15) is 32.4 Å². The molecule has 0 aliphatic carbocycles. The summed E-state index contributed by atoms with van der Waals surface area (Å²) in [6, 6.07) is 7.28. The Morgan fingerprint density at radius 3 is 2.54 bits per heavy atom. The smallest absolute Gasteiger partial charge is 0.161 e. The number of hydrogen-bond donors (Lipinski definition) is 1. The van der Waals surface area contributed by atoms with E-state index in [0.29, 0.717) is 25.3 Å². The Morgan fingerprint density at radius 1 is 1.21 bits per heavy atom. The summed E-state index contributed by atoms with van der Waals surface area (Å²) in [6.45, 7) is 11.7. The van der Waals surface area contributed by atoms with Crippen molar-refractivity contribution in [2.75, 3.05) is 53.5 Å². The molecule has 0 bridgehead atoms. The first kappa shape index (κ1) is 19.0. The minimum absolute atomic E-state index is 0.354. The van der Waals surface area contributed by atoms with E-state index in [1.165, 1.54) is 5.56 Å². The second-order valence-corrected chi connectivity index (χ2v) is 6.64. The lowest BCUT2D eigenvalue weighted by atomic mass is 10.0. The van der Waals surface area contributed by atoms with Crippen LogP contribution < -0.4 is 14.8 Å². The Bertz CT molecular complexity index is 507. The lowest BCUT2D eigenvalue weighted by molar-refractivity contribution is 0.0965. The normalized spacial score (nSPS) is 20.2. The van der Waals surface area contributed by atoms with Crippen molar-refractivity contribution in [1.82, 2.24) is 15.1 Å². The molecule has 0 amide bonds. The van der Waals surface area contributed by atoms with Crippen molar-refractivity contribution < 1.29 is 9.47 Å². The molecule has 0 saturated carbocycles. The van der Waals surface area contributed by atoms with Gasteiger partial charge in [0.15, 0.2) is 11.5 Å². The zero-order chi connectivity index (χ0) is 17.5. The number of piperazine rings is 1. The molecule has 2 atom stereocenters. The first-order valence-corrected chi connectivity index (χ1v) is 9.07. The second kappa shape index (κ2) is 9.25. The highest BCUT2D eigenvalue weighted by molar-refractivity contribution is 5.44. The molecule has 136 valence electrons. The van der Waals surface area contributed by atoms with Gasteiger partial charge in [-0.1, -0.05) is 6.07 Å². The maximum Gasteiger partial charge on any atom is 0.161 e. The molecule has 5 heteroatoms. The van der Waals surface area contributed by atoms with Crippen molar-refractivity contribution in [2.24, 2.45) is 0 Å². The Morgan fingerprint density at radius 2 is 1.92 bits per heavy atom. The summed E-state index contributed by atoms with van der Waals surface area (Å²) in [6.07, 6.45) is 0. The van der Waals surface area contributed by atoms with Crippen LogP contribution in [0.25, 0.3) is 0 Å². The van der Waals surface area contributed by atoms with Gasteiger partial charge < -0.3 is 19.7 Å². The summed E-state index contributed by atoms with van der Waals surface area (Å²) in [4.78, 5) is 4.86. The monoisotopic (exact) mass is 335 g/mol. The van der Waals surface area contributed by atoms with Gasteiger partial charge in [0.1, 0.15) is 0 Å². The molecule has 24 heavy (non-hydrogen) atoms. The summed E-state index contributed by atoms with van der Waals surface area (Å²) in [5, 5.41) is 3.48. The Hall–Kier alpha value is -1.30. The van der Waals surface area contributed by atoms with Crippen LogP contribution in [0.4, 0.5) is 0 Å². The van der Waals surface area contributed by atoms with Gasteiger partial charge in [-0.05, 0) is 52.6 Å². The van der Waals surface area contributed by atoms with Gasteiger partial charge in [0.05, 0.1) is 13.2 Å². The van der Waals surface area contributed by atoms with Crippen LogP contribution >= 0.6 is 0 Å². The number of likely N-dealkylation sites (N-methyl/N-ethyl adjacent to an activating group) is 1. The number of nitrogens with one attached hydrogen (secondary N) is 1. The zero-order valence-corrected chi connectivity index (χ0v) is 15.8. The maximum atomic E-state index is 5.83. The number of benzene rings is 1. The van der Waals surface area contributed by atoms with Crippen molar-refractivity contribution >= 4 is 0 Å². The van der Waals surface area contributed by atoms with Crippen LogP contribution in [0.2, 0.25) is 0 Å². The fourth-order valence-corrected chi connectivity index (χ4v) is 3.34. The van der Waals surface area contributed by atoms with Crippen LogP contribution in [0, 0.1) is 0 Å². The second-order valence-electron chi connectivity index (χ2n) is 6.64. The predicted molar refractivity (Wildman–Crippen MR) is 99.1 cm³/mol. The van der Waals surface area contributed by atoms with E-state index in [1.54, 1.807) is 0 Å². The Kier molecular flexibility index (Phi) is 7.34. The fraction of sp³-hybridized carbons (Fsp3) is 0.684. The third-order valence-electron chi connectivity index (χ3n) is 4.44. The van der Waals surface area contributed by atoms with Gasteiger partial charge in [-0.15, -0.1) is 0 Å². The van der Waals surface area contributed by atoms with Gasteiger partial charge in [0, 0.05) is 38.3 Å². The molecule has 1 aliphatic heterocycles. The molecule has 2 unspecified atom stereocenters. The standard InChI is InChI=1S/C19H33N3O2/c1-6-23-18-9-8-16(12-19(18)24-7-2)17(14-21(4)5)22-11-10-20-13-15(22)3/h8-9,12,15,17,20H,6-7,10-11,13-14H2,1-5H3. The average molecular weight is 335 g/mol. The third kappa shape index (κ3) is 4.85. The van der Waals surface area contributed by atoms with Gasteiger partial charge in [-0.2, -0.15) is 0 Å². The number of hydrogen-bond acceptors (Lipinski definition) is 5. The molecular formula is C19H33N3O2. The lowest BCUT2D eigenvalue weighted by Crippen LogP contribution is -2.52. The molecule has 0 aromatic heterocycles. The van der Waals surface area contributed by atoms with Crippen LogP contribution in [-0.4, -0.2) is 69.3 Å². The van der Waals surface area contributed by atoms with E-state index in [2.05, 4.69) is 54.3 Å². The minimum Gasteiger partial charge on any atom is -0.490 e. The van der Waals surface area contributed by atoms with Gasteiger partial charge in [-0.25, -0.2) is 0 Å². The van der Waals surface area contributed by atoms with Crippen LogP contribution in [-0.2, 0) is 0 Å².